The number of nitrogens with zero attached hydrogens (tertiary/aromatic N) is 1. The number of methoxy groups -OCH3 is 1. The predicted octanol–water partition coefficient (Wildman–Crippen LogP) is 9.06. The van der Waals surface area contributed by atoms with Crippen molar-refractivity contribution >= 4 is 28.7 Å². The van der Waals surface area contributed by atoms with Gasteiger partial charge in [-0.05, 0) is 83.8 Å². The van der Waals surface area contributed by atoms with E-state index < -0.39 is 0 Å². The molecule has 2 nitrogen and oxygen atoms in total. The second-order valence-electron chi connectivity index (χ2n) is 8.75. The average Bonchev–Trinajstić information content (AvgIpc) is 2.95. The Morgan fingerprint density at radius 2 is 1.06 bits per heavy atom. The van der Waals surface area contributed by atoms with Crippen LogP contribution in [0.15, 0.2) is 133 Å². The molecule has 0 aliphatic carbocycles. The Balaban J connectivity index is 1.56. The summed E-state index contributed by atoms with van der Waals surface area (Å²) >= 11 is 0. The molecule has 176 valence electrons. The van der Waals surface area contributed by atoms with Gasteiger partial charge in [-0.1, -0.05) is 90.5 Å². The first kappa shape index (κ1) is 23.2. The van der Waals surface area contributed by atoms with Gasteiger partial charge in [0.05, 0.1) is 7.11 Å². The van der Waals surface area contributed by atoms with E-state index in [0.29, 0.717) is 0 Å². The van der Waals surface area contributed by atoms with E-state index in [0.717, 1.165) is 22.8 Å². The minimum atomic E-state index is 0.843. The highest BCUT2D eigenvalue weighted by atomic mass is 16.5. The molecule has 0 bridgehead atoms. The molecule has 0 saturated carbocycles. The third-order valence-corrected chi connectivity index (χ3v) is 6.25. The Hall–Kier alpha value is -4.56. The lowest BCUT2D eigenvalue weighted by molar-refractivity contribution is 0.415. The summed E-state index contributed by atoms with van der Waals surface area (Å²) in [6.07, 6.45) is 2.27. The second-order valence-corrected chi connectivity index (χ2v) is 8.75. The molecule has 0 heterocycles. The van der Waals surface area contributed by atoms with Gasteiger partial charge in [0.25, 0.3) is 0 Å². The van der Waals surface area contributed by atoms with Gasteiger partial charge < -0.3 is 9.64 Å². The fraction of sp³-hybridized carbons (Fsp3) is 0.0588. The molecule has 0 unspecified atom stereocenters. The molecule has 0 atom stereocenters. The van der Waals surface area contributed by atoms with Crippen molar-refractivity contribution in [1.82, 2.24) is 0 Å². The fourth-order valence-corrected chi connectivity index (χ4v) is 4.33. The number of ether oxygens (including phenoxy) is 1. The van der Waals surface area contributed by atoms with Gasteiger partial charge in [-0.2, -0.15) is 0 Å². The van der Waals surface area contributed by atoms with Crippen LogP contribution < -0.4 is 9.64 Å². The predicted molar refractivity (Wildman–Crippen MR) is 152 cm³/mol. The molecule has 5 rings (SSSR count). The summed E-state index contributed by atoms with van der Waals surface area (Å²) in [4.78, 5) is 2.26. The number of para-hydroxylation sites is 1. The molecular formula is C34H29NO. The summed E-state index contributed by atoms with van der Waals surface area (Å²) in [6, 6.07) is 46.7. The number of hydrogen-bond donors (Lipinski definition) is 0. The van der Waals surface area contributed by atoms with E-state index in [2.05, 4.69) is 133 Å². The van der Waals surface area contributed by atoms with Crippen LogP contribution in [0.5, 0.6) is 5.75 Å². The fourth-order valence-electron chi connectivity index (χ4n) is 4.33. The van der Waals surface area contributed by atoms with Crippen molar-refractivity contribution in [3.8, 4) is 5.75 Å². The van der Waals surface area contributed by atoms with E-state index in [4.69, 9.17) is 4.74 Å². The highest BCUT2D eigenvalue weighted by molar-refractivity contribution is 5.92. The smallest absolute Gasteiger partial charge is 0.119 e. The molecule has 0 fully saturated rings. The maximum atomic E-state index is 5.38. The summed E-state index contributed by atoms with van der Waals surface area (Å²) in [5.41, 5.74) is 9.29. The van der Waals surface area contributed by atoms with Gasteiger partial charge in [0.1, 0.15) is 5.75 Å². The third-order valence-electron chi connectivity index (χ3n) is 6.25. The van der Waals surface area contributed by atoms with Crippen LogP contribution in [0.2, 0.25) is 0 Å². The number of benzene rings is 5. The van der Waals surface area contributed by atoms with Crippen LogP contribution in [0.1, 0.15) is 22.3 Å². The maximum Gasteiger partial charge on any atom is 0.119 e. The lowest BCUT2D eigenvalue weighted by Crippen LogP contribution is -2.09. The van der Waals surface area contributed by atoms with Crippen LogP contribution in [0.25, 0.3) is 11.6 Å². The Morgan fingerprint density at radius 3 is 1.64 bits per heavy atom. The quantitative estimate of drug-likeness (QED) is 0.221. The minimum absolute atomic E-state index is 0.843. The van der Waals surface area contributed by atoms with Gasteiger partial charge in [0.15, 0.2) is 0 Å². The number of rotatable bonds is 7. The molecule has 36 heavy (non-hydrogen) atoms. The van der Waals surface area contributed by atoms with Crippen molar-refractivity contribution in [1.29, 1.82) is 0 Å². The normalized spacial score (nSPS) is 11.2. The number of anilines is 3. The van der Waals surface area contributed by atoms with Gasteiger partial charge in [0.2, 0.25) is 0 Å². The van der Waals surface area contributed by atoms with E-state index in [9.17, 15) is 0 Å². The van der Waals surface area contributed by atoms with Crippen molar-refractivity contribution < 1.29 is 4.74 Å². The first-order valence-corrected chi connectivity index (χ1v) is 12.1. The first-order valence-electron chi connectivity index (χ1n) is 12.1. The van der Waals surface area contributed by atoms with Crippen LogP contribution in [0.4, 0.5) is 17.1 Å². The molecule has 0 spiro atoms. The Morgan fingerprint density at radius 1 is 0.556 bits per heavy atom. The summed E-state index contributed by atoms with van der Waals surface area (Å²) in [5, 5.41) is 0. The molecule has 0 N–H and O–H groups in total. The SMILES string of the molecule is COc1ccc(N(c2ccccc2)c2ccc(C(=Cc3ccc(C)cc3)c3ccccc3)cc2)cc1. The maximum absolute atomic E-state index is 5.38. The van der Waals surface area contributed by atoms with E-state index in [1.807, 2.05) is 18.2 Å². The summed E-state index contributed by atoms with van der Waals surface area (Å²) in [5.74, 6) is 0.843. The molecule has 0 amide bonds. The lowest BCUT2D eigenvalue weighted by atomic mass is 9.95. The molecule has 0 aromatic heterocycles. The monoisotopic (exact) mass is 467 g/mol. The Bertz CT molecular complexity index is 1420. The van der Waals surface area contributed by atoms with E-state index >= 15 is 0 Å². The topological polar surface area (TPSA) is 12.5 Å². The van der Waals surface area contributed by atoms with Crippen molar-refractivity contribution in [2.45, 2.75) is 6.92 Å². The van der Waals surface area contributed by atoms with Crippen LogP contribution in [-0.4, -0.2) is 7.11 Å². The highest BCUT2D eigenvalue weighted by Gasteiger charge is 2.13. The Labute approximate surface area is 213 Å². The van der Waals surface area contributed by atoms with Crippen molar-refractivity contribution in [2.24, 2.45) is 0 Å². The molecule has 0 radical (unpaired) electrons. The van der Waals surface area contributed by atoms with Gasteiger partial charge in [0, 0.05) is 17.1 Å². The molecule has 0 aliphatic rings. The molecule has 5 aromatic rings. The van der Waals surface area contributed by atoms with Crippen LogP contribution >= 0.6 is 0 Å². The molecule has 0 saturated heterocycles. The second kappa shape index (κ2) is 10.8. The third kappa shape index (κ3) is 5.24. The van der Waals surface area contributed by atoms with Gasteiger partial charge in [-0.15, -0.1) is 0 Å². The largest absolute Gasteiger partial charge is 0.497 e. The molecule has 2 heteroatoms. The van der Waals surface area contributed by atoms with Gasteiger partial charge in [-0.3, -0.25) is 0 Å². The molecule has 5 aromatic carbocycles. The number of hydrogen-bond acceptors (Lipinski definition) is 2. The van der Waals surface area contributed by atoms with E-state index in [1.54, 1.807) is 7.11 Å². The van der Waals surface area contributed by atoms with Crippen molar-refractivity contribution in [2.75, 3.05) is 12.0 Å². The average molecular weight is 468 g/mol. The molecule has 0 aliphatic heterocycles. The first-order chi connectivity index (χ1) is 17.7. The van der Waals surface area contributed by atoms with Crippen LogP contribution in [0.3, 0.4) is 0 Å². The number of aryl methyl sites for hydroxylation is 1. The van der Waals surface area contributed by atoms with Crippen LogP contribution in [-0.2, 0) is 0 Å². The summed E-state index contributed by atoms with van der Waals surface area (Å²) in [7, 11) is 1.69. The van der Waals surface area contributed by atoms with E-state index in [-0.39, 0.29) is 0 Å². The standard InChI is InChI=1S/C34H29NO/c1-26-13-15-27(16-14-26)25-34(28-9-5-3-6-10-28)29-17-19-31(20-18-29)35(30-11-7-4-8-12-30)32-21-23-33(36-2)24-22-32/h3-25H,1-2H3. The van der Waals surface area contributed by atoms with Gasteiger partial charge >= 0.3 is 0 Å². The minimum Gasteiger partial charge on any atom is -0.497 e. The highest BCUT2D eigenvalue weighted by Crippen LogP contribution is 2.36. The van der Waals surface area contributed by atoms with E-state index in [1.165, 1.54) is 27.8 Å². The lowest BCUT2D eigenvalue weighted by Gasteiger charge is -2.26. The van der Waals surface area contributed by atoms with Crippen LogP contribution in [0, 0.1) is 6.92 Å². The zero-order chi connectivity index (χ0) is 24.7. The zero-order valence-corrected chi connectivity index (χ0v) is 20.6. The van der Waals surface area contributed by atoms with Gasteiger partial charge in [-0.25, -0.2) is 0 Å². The molecular weight excluding hydrogens is 438 g/mol. The van der Waals surface area contributed by atoms with Crippen molar-refractivity contribution in [3.63, 3.8) is 0 Å². The summed E-state index contributed by atoms with van der Waals surface area (Å²) in [6.45, 7) is 2.12. The van der Waals surface area contributed by atoms with Crippen molar-refractivity contribution in [3.05, 3.63) is 156 Å². The zero-order valence-electron chi connectivity index (χ0n) is 20.6. The summed E-state index contributed by atoms with van der Waals surface area (Å²) < 4.78 is 5.38. The Kier molecular flexibility index (Phi) is 6.95.